The molecule has 0 aliphatic carbocycles. The van der Waals surface area contributed by atoms with Crippen LogP contribution in [0.5, 0.6) is 0 Å². The molecule has 28 heavy (non-hydrogen) atoms. The van der Waals surface area contributed by atoms with Crippen LogP contribution in [-0.4, -0.2) is 47.0 Å². The zero-order valence-corrected chi connectivity index (χ0v) is 17.3. The van der Waals surface area contributed by atoms with Crippen LogP contribution < -0.4 is 4.90 Å². The number of aromatic nitrogens is 2. The fraction of sp³-hybridized carbons (Fsp3) is 0.227. The maximum absolute atomic E-state index is 12.7. The SMILES string of the molecule is Cc1nc(-c2ccccc2)cc(N2CCN(C(=O)c3ccc(Br)cc3)CC2)n1. The van der Waals surface area contributed by atoms with Crippen LogP contribution in [0.25, 0.3) is 11.3 Å². The molecule has 1 amide bonds. The van der Waals surface area contributed by atoms with Crippen molar-refractivity contribution >= 4 is 27.7 Å². The Hall–Kier alpha value is -2.73. The molecule has 2 heterocycles. The lowest BCUT2D eigenvalue weighted by atomic mass is 10.1. The van der Waals surface area contributed by atoms with E-state index in [-0.39, 0.29) is 5.91 Å². The van der Waals surface area contributed by atoms with Crippen molar-refractivity contribution in [3.63, 3.8) is 0 Å². The third-order valence-corrected chi connectivity index (χ3v) is 5.40. The number of nitrogens with zero attached hydrogens (tertiary/aromatic N) is 4. The highest BCUT2D eigenvalue weighted by Crippen LogP contribution is 2.23. The van der Waals surface area contributed by atoms with Crippen molar-refractivity contribution < 1.29 is 4.79 Å². The van der Waals surface area contributed by atoms with Gasteiger partial charge in [-0.3, -0.25) is 4.79 Å². The largest absolute Gasteiger partial charge is 0.353 e. The van der Waals surface area contributed by atoms with E-state index in [1.165, 1.54) is 0 Å². The molecule has 1 saturated heterocycles. The smallest absolute Gasteiger partial charge is 0.253 e. The molecule has 0 spiro atoms. The first-order valence-corrected chi connectivity index (χ1v) is 10.1. The molecule has 1 aliphatic rings. The minimum atomic E-state index is 0.0796. The number of amides is 1. The topological polar surface area (TPSA) is 49.3 Å². The molecule has 1 fully saturated rings. The number of benzene rings is 2. The summed E-state index contributed by atoms with van der Waals surface area (Å²) in [6, 6.07) is 19.7. The third kappa shape index (κ3) is 4.07. The first kappa shape index (κ1) is 18.6. The van der Waals surface area contributed by atoms with Gasteiger partial charge in [0.25, 0.3) is 5.91 Å². The van der Waals surface area contributed by atoms with Crippen molar-refractivity contribution in [1.82, 2.24) is 14.9 Å². The maximum Gasteiger partial charge on any atom is 0.253 e. The predicted molar refractivity (Wildman–Crippen MR) is 114 cm³/mol. The van der Waals surface area contributed by atoms with E-state index < -0.39 is 0 Å². The fourth-order valence-corrected chi connectivity index (χ4v) is 3.65. The second kappa shape index (κ2) is 8.10. The Morgan fingerprint density at radius 1 is 0.929 bits per heavy atom. The average molecular weight is 437 g/mol. The van der Waals surface area contributed by atoms with E-state index in [1.807, 2.05) is 60.4 Å². The number of hydrogen-bond donors (Lipinski definition) is 0. The summed E-state index contributed by atoms with van der Waals surface area (Å²) in [5.41, 5.74) is 2.73. The van der Waals surface area contributed by atoms with E-state index in [1.54, 1.807) is 0 Å². The van der Waals surface area contributed by atoms with Crippen LogP contribution in [0.15, 0.2) is 65.1 Å². The quantitative estimate of drug-likeness (QED) is 0.617. The number of anilines is 1. The lowest BCUT2D eigenvalue weighted by Crippen LogP contribution is -2.49. The Morgan fingerprint density at radius 2 is 1.61 bits per heavy atom. The van der Waals surface area contributed by atoms with Crippen molar-refractivity contribution in [1.29, 1.82) is 0 Å². The summed E-state index contributed by atoms with van der Waals surface area (Å²) >= 11 is 3.41. The zero-order valence-electron chi connectivity index (χ0n) is 15.7. The molecule has 1 aliphatic heterocycles. The van der Waals surface area contributed by atoms with Crippen molar-refractivity contribution in [2.75, 3.05) is 31.1 Å². The van der Waals surface area contributed by atoms with E-state index in [2.05, 4.69) is 42.9 Å². The van der Waals surface area contributed by atoms with Crippen LogP contribution in [0.1, 0.15) is 16.2 Å². The first-order chi connectivity index (χ1) is 13.6. The third-order valence-electron chi connectivity index (χ3n) is 4.88. The number of aryl methyl sites for hydroxylation is 1. The molecule has 3 aromatic rings. The first-order valence-electron chi connectivity index (χ1n) is 9.31. The van der Waals surface area contributed by atoms with Crippen LogP contribution in [0.3, 0.4) is 0 Å². The molecule has 0 N–H and O–H groups in total. The summed E-state index contributed by atoms with van der Waals surface area (Å²) in [6.45, 7) is 4.79. The highest BCUT2D eigenvalue weighted by Gasteiger charge is 2.23. The molecule has 1 aromatic heterocycles. The predicted octanol–water partition coefficient (Wildman–Crippen LogP) is 4.18. The Balaban J connectivity index is 1.47. The van der Waals surface area contributed by atoms with Crippen LogP contribution in [0, 0.1) is 6.92 Å². The van der Waals surface area contributed by atoms with Gasteiger partial charge in [0.1, 0.15) is 11.6 Å². The maximum atomic E-state index is 12.7. The van der Waals surface area contributed by atoms with Gasteiger partial charge in [-0.25, -0.2) is 9.97 Å². The second-order valence-electron chi connectivity index (χ2n) is 6.81. The van der Waals surface area contributed by atoms with Gasteiger partial charge in [0.05, 0.1) is 5.69 Å². The molecule has 0 saturated carbocycles. The molecule has 0 unspecified atom stereocenters. The standard InChI is InChI=1S/C22H21BrN4O/c1-16-24-20(17-5-3-2-4-6-17)15-21(25-16)26-11-13-27(14-12-26)22(28)18-7-9-19(23)10-8-18/h2-10,15H,11-14H2,1H3. The summed E-state index contributed by atoms with van der Waals surface area (Å²) in [5, 5.41) is 0. The van der Waals surface area contributed by atoms with Gasteiger partial charge in [0, 0.05) is 47.8 Å². The van der Waals surface area contributed by atoms with E-state index in [9.17, 15) is 4.79 Å². The van der Waals surface area contributed by atoms with Gasteiger partial charge in [0.15, 0.2) is 0 Å². The van der Waals surface area contributed by atoms with Crippen molar-refractivity contribution in [2.45, 2.75) is 6.92 Å². The van der Waals surface area contributed by atoms with Gasteiger partial charge in [0.2, 0.25) is 0 Å². The number of piperazine rings is 1. The Morgan fingerprint density at radius 3 is 2.29 bits per heavy atom. The molecule has 5 nitrogen and oxygen atoms in total. The van der Waals surface area contributed by atoms with Crippen molar-refractivity contribution in [3.05, 3.63) is 76.5 Å². The van der Waals surface area contributed by atoms with Gasteiger partial charge in [-0.2, -0.15) is 0 Å². The molecule has 4 rings (SSSR count). The van der Waals surface area contributed by atoms with Gasteiger partial charge < -0.3 is 9.80 Å². The Kier molecular flexibility index (Phi) is 5.39. The summed E-state index contributed by atoms with van der Waals surface area (Å²) < 4.78 is 0.974. The molecule has 0 atom stereocenters. The lowest BCUT2D eigenvalue weighted by Gasteiger charge is -2.35. The molecule has 142 valence electrons. The Bertz CT molecular complexity index is 968. The summed E-state index contributed by atoms with van der Waals surface area (Å²) in [5.74, 6) is 1.75. The Labute approximate surface area is 173 Å². The zero-order chi connectivity index (χ0) is 19.5. The molecule has 2 aromatic carbocycles. The van der Waals surface area contributed by atoms with E-state index in [0.29, 0.717) is 13.1 Å². The molecular weight excluding hydrogens is 416 g/mol. The van der Waals surface area contributed by atoms with E-state index in [0.717, 1.165) is 46.0 Å². The van der Waals surface area contributed by atoms with Crippen molar-refractivity contribution in [2.24, 2.45) is 0 Å². The van der Waals surface area contributed by atoms with Gasteiger partial charge in [-0.15, -0.1) is 0 Å². The van der Waals surface area contributed by atoms with Gasteiger partial charge in [-0.05, 0) is 31.2 Å². The van der Waals surface area contributed by atoms with Crippen LogP contribution in [0.4, 0.5) is 5.82 Å². The number of rotatable bonds is 3. The monoisotopic (exact) mass is 436 g/mol. The fourth-order valence-electron chi connectivity index (χ4n) is 3.38. The van der Waals surface area contributed by atoms with Crippen molar-refractivity contribution in [3.8, 4) is 11.3 Å². The molecule has 6 heteroatoms. The van der Waals surface area contributed by atoms with Crippen LogP contribution in [-0.2, 0) is 0 Å². The van der Waals surface area contributed by atoms with Gasteiger partial charge >= 0.3 is 0 Å². The second-order valence-corrected chi connectivity index (χ2v) is 7.73. The lowest BCUT2D eigenvalue weighted by molar-refractivity contribution is 0.0746. The molecular formula is C22H21BrN4O. The normalized spacial score (nSPS) is 14.2. The van der Waals surface area contributed by atoms with Gasteiger partial charge in [-0.1, -0.05) is 46.3 Å². The number of halogens is 1. The van der Waals surface area contributed by atoms with Crippen LogP contribution in [0.2, 0.25) is 0 Å². The highest BCUT2D eigenvalue weighted by molar-refractivity contribution is 9.10. The number of carbonyl (C=O) groups is 1. The van der Waals surface area contributed by atoms with E-state index >= 15 is 0 Å². The average Bonchev–Trinajstić information content (AvgIpc) is 2.74. The molecule has 0 bridgehead atoms. The van der Waals surface area contributed by atoms with Crippen LogP contribution >= 0.6 is 15.9 Å². The van der Waals surface area contributed by atoms with E-state index in [4.69, 9.17) is 0 Å². The number of carbonyl (C=O) groups excluding carboxylic acids is 1. The summed E-state index contributed by atoms with van der Waals surface area (Å²) in [4.78, 5) is 26.1. The summed E-state index contributed by atoms with van der Waals surface area (Å²) in [7, 11) is 0. The summed E-state index contributed by atoms with van der Waals surface area (Å²) in [6.07, 6.45) is 0. The number of hydrogen-bond acceptors (Lipinski definition) is 4. The minimum absolute atomic E-state index is 0.0796. The highest BCUT2D eigenvalue weighted by atomic mass is 79.9. The molecule has 0 radical (unpaired) electrons. The minimum Gasteiger partial charge on any atom is -0.353 e.